The first-order valence-electron chi connectivity index (χ1n) is 16.0. The number of nitrogens with zero attached hydrogens (tertiary/aromatic N) is 4. The average molecular weight is 655 g/mol. The molecule has 6 rings (SSSR count). The van der Waals surface area contributed by atoms with Crippen molar-refractivity contribution in [2.45, 2.75) is 51.6 Å². The van der Waals surface area contributed by atoms with E-state index in [4.69, 9.17) is 9.05 Å². The zero-order chi connectivity index (χ0) is 34.5. The Morgan fingerprint density at radius 1 is 0.646 bits per heavy atom. The Hall–Kier alpha value is -5.26. The van der Waals surface area contributed by atoms with Gasteiger partial charge in [-0.1, -0.05) is 70.0 Å². The van der Waals surface area contributed by atoms with Crippen LogP contribution in [0.5, 0.6) is 0 Å². The van der Waals surface area contributed by atoms with Gasteiger partial charge in [-0.25, -0.2) is 0 Å². The van der Waals surface area contributed by atoms with Crippen LogP contribution in [0.2, 0.25) is 0 Å². The number of aromatic nitrogens is 2. The SMILES string of the molecule is Cc1ccc(-c2cc(C(=O)NC3CC(C(=O)N(C)C)C3)no2)cc1.Cc1ccc(-c2cc(C(=O)NC3CC(C(=O)N(C)C)C3)on2)cc1. The summed E-state index contributed by atoms with van der Waals surface area (Å²) in [6.45, 7) is 4.02. The van der Waals surface area contributed by atoms with Crippen molar-refractivity contribution < 1.29 is 28.2 Å². The fourth-order valence-corrected chi connectivity index (χ4v) is 5.60. The number of benzene rings is 2. The first-order chi connectivity index (χ1) is 22.9. The van der Waals surface area contributed by atoms with Gasteiger partial charge in [-0.15, -0.1) is 0 Å². The maximum absolute atomic E-state index is 12.2. The first kappa shape index (κ1) is 34.1. The van der Waals surface area contributed by atoms with Crippen LogP contribution in [-0.2, 0) is 9.59 Å². The van der Waals surface area contributed by atoms with Crippen LogP contribution in [-0.4, -0.2) is 84.0 Å². The van der Waals surface area contributed by atoms with E-state index in [0.29, 0.717) is 37.1 Å². The molecule has 0 radical (unpaired) electrons. The largest absolute Gasteiger partial charge is 0.355 e. The van der Waals surface area contributed by atoms with Crippen molar-refractivity contribution in [1.29, 1.82) is 0 Å². The molecular weight excluding hydrogens is 612 g/mol. The second-order valence-electron chi connectivity index (χ2n) is 13.0. The lowest BCUT2D eigenvalue weighted by Crippen LogP contribution is -2.49. The van der Waals surface area contributed by atoms with Crippen molar-refractivity contribution in [2.75, 3.05) is 28.2 Å². The molecule has 252 valence electrons. The summed E-state index contributed by atoms with van der Waals surface area (Å²) < 4.78 is 10.4. The molecule has 4 amide bonds. The van der Waals surface area contributed by atoms with E-state index < -0.39 is 0 Å². The Labute approximate surface area is 279 Å². The van der Waals surface area contributed by atoms with E-state index in [1.54, 1.807) is 50.1 Å². The van der Waals surface area contributed by atoms with Crippen molar-refractivity contribution in [3.8, 4) is 22.6 Å². The highest BCUT2D eigenvalue weighted by atomic mass is 16.5. The van der Waals surface area contributed by atoms with Crippen molar-refractivity contribution in [2.24, 2.45) is 11.8 Å². The van der Waals surface area contributed by atoms with Gasteiger partial charge in [-0.3, -0.25) is 19.2 Å². The number of nitrogens with one attached hydrogen (secondary N) is 2. The summed E-state index contributed by atoms with van der Waals surface area (Å²) in [6.07, 6.45) is 2.68. The first-order valence-corrected chi connectivity index (χ1v) is 16.0. The fraction of sp³-hybridized carbons (Fsp3) is 0.389. The standard InChI is InChI=1S/2C18H21N3O3/c1-11-4-6-12(7-5-11)16-10-15(20-24-16)17(22)19-14-8-13(9-14)18(23)21(2)3;1-11-4-6-12(7-5-11)15-10-16(24-20-15)17(22)19-14-8-13(9-14)18(23)21(2)3/h2*4-7,10,13-14H,8-9H2,1-3H3,(H,19,22). The summed E-state index contributed by atoms with van der Waals surface area (Å²) in [6, 6.07) is 19.0. The molecule has 2 aliphatic carbocycles. The Bertz CT molecular complexity index is 1620. The normalized spacial score (nSPS) is 19.5. The lowest BCUT2D eigenvalue weighted by molar-refractivity contribution is -0.136. The van der Waals surface area contributed by atoms with Crippen LogP contribution >= 0.6 is 0 Å². The van der Waals surface area contributed by atoms with E-state index in [9.17, 15) is 19.2 Å². The summed E-state index contributed by atoms with van der Waals surface area (Å²) in [4.78, 5) is 51.2. The Morgan fingerprint density at radius 2 is 1.12 bits per heavy atom. The predicted octanol–water partition coefficient (Wildman–Crippen LogP) is 4.49. The molecule has 2 aromatic carbocycles. The Morgan fingerprint density at radius 3 is 1.62 bits per heavy atom. The van der Waals surface area contributed by atoms with Crippen LogP contribution < -0.4 is 10.6 Å². The van der Waals surface area contributed by atoms with Gasteiger partial charge in [0.2, 0.25) is 17.6 Å². The number of amides is 4. The molecule has 0 unspecified atom stereocenters. The molecular formula is C36H42N6O6. The molecule has 2 N–H and O–H groups in total. The molecule has 12 nitrogen and oxygen atoms in total. The monoisotopic (exact) mass is 654 g/mol. The van der Waals surface area contributed by atoms with E-state index in [1.807, 2.05) is 62.4 Å². The third-order valence-electron chi connectivity index (χ3n) is 8.69. The van der Waals surface area contributed by atoms with Crippen LogP contribution in [0.1, 0.15) is 57.9 Å². The third-order valence-corrected chi connectivity index (χ3v) is 8.69. The Kier molecular flexibility index (Phi) is 10.4. The highest BCUT2D eigenvalue weighted by Crippen LogP contribution is 2.30. The lowest BCUT2D eigenvalue weighted by Gasteiger charge is -2.35. The van der Waals surface area contributed by atoms with Gasteiger partial charge in [-0.2, -0.15) is 0 Å². The molecule has 0 saturated heterocycles. The van der Waals surface area contributed by atoms with E-state index in [1.165, 1.54) is 0 Å². The second kappa shape index (κ2) is 14.7. The van der Waals surface area contributed by atoms with Gasteiger partial charge in [0, 0.05) is 75.4 Å². The van der Waals surface area contributed by atoms with Crippen LogP contribution in [0, 0.1) is 25.7 Å². The minimum Gasteiger partial charge on any atom is -0.355 e. The molecule has 12 heteroatoms. The molecule has 2 aliphatic rings. The summed E-state index contributed by atoms with van der Waals surface area (Å²) in [5.74, 6) is 0.432. The zero-order valence-corrected chi connectivity index (χ0v) is 28.1. The topological polar surface area (TPSA) is 151 Å². The predicted molar refractivity (Wildman–Crippen MR) is 179 cm³/mol. The van der Waals surface area contributed by atoms with Crippen molar-refractivity contribution >= 4 is 23.6 Å². The molecule has 2 heterocycles. The molecule has 2 fully saturated rings. The molecule has 4 aromatic rings. The van der Waals surface area contributed by atoms with Gasteiger partial charge >= 0.3 is 0 Å². The highest BCUT2D eigenvalue weighted by molar-refractivity contribution is 5.94. The minimum atomic E-state index is -0.290. The summed E-state index contributed by atoms with van der Waals surface area (Å²) >= 11 is 0. The highest BCUT2D eigenvalue weighted by Gasteiger charge is 2.37. The molecule has 2 saturated carbocycles. The van der Waals surface area contributed by atoms with Gasteiger partial charge in [0.25, 0.3) is 11.8 Å². The van der Waals surface area contributed by atoms with E-state index >= 15 is 0 Å². The smallest absolute Gasteiger partial charge is 0.290 e. The van der Waals surface area contributed by atoms with E-state index in [2.05, 4.69) is 20.9 Å². The molecule has 48 heavy (non-hydrogen) atoms. The third kappa shape index (κ3) is 8.17. The molecule has 0 spiro atoms. The minimum absolute atomic E-state index is 0.00291. The number of hydrogen-bond acceptors (Lipinski definition) is 8. The quantitative estimate of drug-likeness (QED) is 0.282. The fourth-order valence-electron chi connectivity index (χ4n) is 5.60. The second-order valence-corrected chi connectivity index (χ2v) is 13.0. The van der Waals surface area contributed by atoms with Gasteiger partial charge in [0.15, 0.2) is 11.5 Å². The van der Waals surface area contributed by atoms with Crippen LogP contribution in [0.4, 0.5) is 0 Å². The average Bonchev–Trinajstić information content (AvgIpc) is 3.72. The molecule has 0 bridgehead atoms. The number of aryl methyl sites for hydroxylation is 2. The Balaban J connectivity index is 0.000000188. The summed E-state index contributed by atoms with van der Waals surface area (Å²) in [5.41, 5.74) is 4.99. The van der Waals surface area contributed by atoms with Crippen molar-refractivity contribution in [1.82, 2.24) is 30.7 Å². The molecule has 0 aliphatic heterocycles. The number of hydrogen-bond donors (Lipinski definition) is 2. The number of carbonyl (C=O) groups excluding carboxylic acids is 4. The number of carbonyl (C=O) groups is 4. The molecule has 0 atom stereocenters. The number of rotatable bonds is 8. The van der Waals surface area contributed by atoms with E-state index in [0.717, 1.165) is 22.3 Å². The maximum atomic E-state index is 12.2. The van der Waals surface area contributed by atoms with Gasteiger partial charge < -0.3 is 29.5 Å². The zero-order valence-electron chi connectivity index (χ0n) is 28.1. The van der Waals surface area contributed by atoms with Gasteiger partial charge in [0.1, 0.15) is 5.69 Å². The van der Waals surface area contributed by atoms with Crippen molar-refractivity contribution in [3.63, 3.8) is 0 Å². The summed E-state index contributed by atoms with van der Waals surface area (Å²) in [7, 11) is 6.98. The lowest BCUT2D eigenvalue weighted by atomic mass is 9.79. The van der Waals surface area contributed by atoms with Crippen LogP contribution in [0.3, 0.4) is 0 Å². The molecule has 2 aromatic heterocycles. The van der Waals surface area contributed by atoms with Crippen LogP contribution in [0.15, 0.2) is 69.7 Å². The maximum Gasteiger partial charge on any atom is 0.290 e. The van der Waals surface area contributed by atoms with Crippen LogP contribution in [0.25, 0.3) is 22.6 Å². The van der Waals surface area contributed by atoms with Gasteiger partial charge in [-0.05, 0) is 39.5 Å². The summed E-state index contributed by atoms with van der Waals surface area (Å²) in [5, 5.41) is 13.6. The van der Waals surface area contributed by atoms with Gasteiger partial charge in [0.05, 0.1) is 0 Å². The van der Waals surface area contributed by atoms with Crippen molar-refractivity contribution in [3.05, 3.63) is 83.2 Å². The van der Waals surface area contributed by atoms with E-state index in [-0.39, 0.29) is 59.0 Å².